The average Bonchev–Trinajstić information content (AvgIpc) is 2.38. The van der Waals surface area contributed by atoms with Gasteiger partial charge in [-0.15, -0.1) is 0 Å². The first-order valence-corrected chi connectivity index (χ1v) is 6.49. The van der Waals surface area contributed by atoms with Gasteiger partial charge in [0.25, 0.3) is 0 Å². The molecular weight excluding hydrogens is 218 g/mol. The minimum atomic E-state index is 0.382. The molecule has 0 aliphatic rings. The van der Waals surface area contributed by atoms with E-state index in [2.05, 4.69) is 67.7 Å². The predicted molar refractivity (Wildman–Crippen MR) is 77.9 cm³/mol. The van der Waals surface area contributed by atoms with E-state index < -0.39 is 0 Å². The second kappa shape index (κ2) is 5.83. The molecule has 0 heterocycles. The van der Waals surface area contributed by atoms with Crippen LogP contribution in [0, 0.1) is 13.8 Å². The SMILES string of the molecule is CNC(Cc1ccccc1)c1ccc(C)cc1C. The largest absolute Gasteiger partial charge is 0.313 e. The highest BCUT2D eigenvalue weighted by molar-refractivity contribution is 5.34. The standard InChI is InChI=1S/C17H21N/c1-13-9-10-16(14(2)11-13)17(18-3)12-15-7-5-4-6-8-15/h4-11,17-18H,12H2,1-3H3. The van der Waals surface area contributed by atoms with Crippen molar-refractivity contribution >= 4 is 0 Å². The number of nitrogens with one attached hydrogen (secondary N) is 1. The van der Waals surface area contributed by atoms with Crippen molar-refractivity contribution in [1.29, 1.82) is 0 Å². The highest BCUT2D eigenvalue weighted by Gasteiger charge is 2.12. The Morgan fingerprint density at radius 3 is 2.33 bits per heavy atom. The van der Waals surface area contributed by atoms with Crippen molar-refractivity contribution in [2.75, 3.05) is 7.05 Å². The molecule has 2 aromatic rings. The van der Waals surface area contributed by atoms with Crippen molar-refractivity contribution in [3.63, 3.8) is 0 Å². The van der Waals surface area contributed by atoms with Crippen molar-refractivity contribution in [2.24, 2.45) is 0 Å². The van der Waals surface area contributed by atoms with Crippen LogP contribution < -0.4 is 5.32 Å². The molecule has 0 bridgehead atoms. The second-order valence-electron chi connectivity index (χ2n) is 4.89. The lowest BCUT2D eigenvalue weighted by Gasteiger charge is -2.19. The quantitative estimate of drug-likeness (QED) is 0.855. The van der Waals surface area contributed by atoms with Gasteiger partial charge in [0.15, 0.2) is 0 Å². The molecule has 2 rings (SSSR count). The highest BCUT2D eigenvalue weighted by atomic mass is 14.9. The first kappa shape index (κ1) is 12.8. The van der Waals surface area contributed by atoms with Crippen LogP contribution in [0.15, 0.2) is 48.5 Å². The minimum absolute atomic E-state index is 0.382. The monoisotopic (exact) mass is 239 g/mol. The van der Waals surface area contributed by atoms with Crippen LogP contribution in [-0.4, -0.2) is 7.05 Å². The van der Waals surface area contributed by atoms with Crippen LogP contribution in [0.3, 0.4) is 0 Å². The van der Waals surface area contributed by atoms with Gasteiger partial charge in [-0.3, -0.25) is 0 Å². The summed E-state index contributed by atoms with van der Waals surface area (Å²) in [5.74, 6) is 0. The molecule has 0 spiro atoms. The van der Waals surface area contributed by atoms with E-state index in [1.54, 1.807) is 0 Å². The van der Waals surface area contributed by atoms with Gasteiger partial charge in [-0.25, -0.2) is 0 Å². The molecule has 0 saturated carbocycles. The minimum Gasteiger partial charge on any atom is -0.313 e. The Hall–Kier alpha value is -1.60. The Labute approximate surface area is 110 Å². The molecule has 1 N–H and O–H groups in total. The smallest absolute Gasteiger partial charge is 0.0361 e. The zero-order chi connectivity index (χ0) is 13.0. The van der Waals surface area contributed by atoms with E-state index in [1.807, 2.05) is 7.05 Å². The fourth-order valence-corrected chi connectivity index (χ4v) is 2.43. The summed E-state index contributed by atoms with van der Waals surface area (Å²) in [5, 5.41) is 3.43. The average molecular weight is 239 g/mol. The predicted octanol–water partition coefficient (Wildman–Crippen LogP) is 3.81. The molecule has 94 valence electrons. The van der Waals surface area contributed by atoms with Crippen molar-refractivity contribution < 1.29 is 0 Å². The van der Waals surface area contributed by atoms with Crippen LogP contribution in [0.25, 0.3) is 0 Å². The summed E-state index contributed by atoms with van der Waals surface area (Å²) in [6.45, 7) is 4.33. The molecule has 1 atom stereocenters. The van der Waals surface area contributed by atoms with Crippen LogP contribution in [0.4, 0.5) is 0 Å². The van der Waals surface area contributed by atoms with Gasteiger partial charge in [0.05, 0.1) is 0 Å². The molecule has 2 aromatic carbocycles. The number of aryl methyl sites for hydroxylation is 2. The molecule has 1 nitrogen and oxygen atoms in total. The third-order valence-corrected chi connectivity index (χ3v) is 3.43. The lowest BCUT2D eigenvalue weighted by molar-refractivity contribution is 0.589. The Balaban J connectivity index is 2.23. The number of benzene rings is 2. The normalized spacial score (nSPS) is 12.4. The Bertz CT molecular complexity index is 502. The van der Waals surface area contributed by atoms with E-state index in [0.717, 1.165) is 6.42 Å². The zero-order valence-corrected chi connectivity index (χ0v) is 11.4. The summed E-state index contributed by atoms with van der Waals surface area (Å²) in [6, 6.07) is 17.7. The van der Waals surface area contributed by atoms with E-state index >= 15 is 0 Å². The van der Waals surface area contributed by atoms with Gasteiger partial charge in [-0.2, -0.15) is 0 Å². The van der Waals surface area contributed by atoms with Crippen molar-refractivity contribution in [3.8, 4) is 0 Å². The Kier molecular flexibility index (Phi) is 4.16. The molecule has 0 amide bonds. The summed E-state index contributed by atoms with van der Waals surface area (Å²) in [6.07, 6.45) is 1.03. The Morgan fingerprint density at radius 1 is 1.00 bits per heavy atom. The molecule has 0 aliphatic heterocycles. The first-order chi connectivity index (χ1) is 8.70. The zero-order valence-electron chi connectivity index (χ0n) is 11.4. The third-order valence-electron chi connectivity index (χ3n) is 3.43. The maximum atomic E-state index is 3.43. The fourth-order valence-electron chi connectivity index (χ4n) is 2.43. The lowest BCUT2D eigenvalue weighted by atomic mass is 9.94. The third kappa shape index (κ3) is 2.99. The van der Waals surface area contributed by atoms with Gasteiger partial charge in [0, 0.05) is 6.04 Å². The maximum Gasteiger partial charge on any atom is 0.0361 e. The molecule has 1 unspecified atom stereocenters. The van der Waals surface area contributed by atoms with E-state index in [1.165, 1.54) is 22.3 Å². The number of rotatable bonds is 4. The van der Waals surface area contributed by atoms with E-state index in [-0.39, 0.29) is 0 Å². The van der Waals surface area contributed by atoms with Crippen LogP contribution in [-0.2, 0) is 6.42 Å². The van der Waals surface area contributed by atoms with Crippen molar-refractivity contribution in [2.45, 2.75) is 26.3 Å². The van der Waals surface area contributed by atoms with Crippen LogP contribution in [0.2, 0.25) is 0 Å². The van der Waals surface area contributed by atoms with E-state index in [0.29, 0.717) is 6.04 Å². The summed E-state index contributed by atoms with van der Waals surface area (Å²) in [7, 11) is 2.03. The fraction of sp³-hybridized carbons (Fsp3) is 0.294. The van der Waals surface area contributed by atoms with Crippen LogP contribution in [0.1, 0.15) is 28.3 Å². The molecule has 0 aromatic heterocycles. The van der Waals surface area contributed by atoms with E-state index in [9.17, 15) is 0 Å². The molecule has 0 radical (unpaired) electrons. The summed E-state index contributed by atoms with van der Waals surface area (Å²) < 4.78 is 0. The van der Waals surface area contributed by atoms with Crippen molar-refractivity contribution in [1.82, 2.24) is 5.32 Å². The van der Waals surface area contributed by atoms with Gasteiger partial charge in [0.1, 0.15) is 0 Å². The van der Waals surface area contributed by atoms with Gasteiger partial charge in [-0.05, 0) is 44.0 Å². The molecule has 0 fully saturated rings. The summed E-state index contributed by atoms with van der Waals surface area (Å²) >= 11 is 0. The van der Waals surface area contributed by atoms with Gasteiger partial charge >= 0.3 is 0 Å². The van der Waals surface area contributed by atoms with Crippen LogP contribution >= 0.6 is 0 Å². The highest BCUT2D eigenvalue weighted by Crippen LogP contribution is 2.22. The van der Waals surface area contributed by atoms with Gasteiger partial charge in [0.2, 0.25) is 0 Å². The summed E-state index contributed by atoms with van der Waals surface area (Å²) in [4.78, 5) is 0. The topological polar surface area (TPSA) is 12.0 Å². The summed E-state index contributed by atoms with van der Waals surface area (Å²) in [5.41, 5.74) is 5.46. The molecular formula is C17H21N. The first-order valence-electron chi connectivity index (χ1n) is 6.49. The molecule has 0 saturated heterocycles. The second-order valence-corrected chi connectivity index (χ2v) is 4.89. The van der Waals surface area contributed by atoms with Crippen LogP contribution in [0.5, 0.6) is 0 Å². The lowest BCUT2D eigenvalue weighted by Crippen LogP contribution is -2.19. The Morgan fingerprint density at radius 2 is 1.72 bits per heavy atom. The number of hydrogen-bond donors (Lipinski definition) is 1. The van der Waals surface area contributed by atoms with Crippen molar-refractivity contribution in [3.05, 3.63) is 70.8 Å². The molecule has 18 heavy (non-hydrogen) atoms. The maximum absolute atomic E-state index is 3.43. The molecule has 1 heteroatoms. The molecule has 0 aliphatic carbocycles. The van der Waals surface area contributed by atoms with Gasteiger partial charge in [-0.1, -0.05) is 54.1 Å². The van der Waals surface area contributed by atoms with E-state index in [4.69, 9.17) is 0 Å². The van der Waals surface area contributed by atoms with Gasteiger partial charge < -0.3 is 5.32 Å². The number of hydrogen-bond acceptors (Lipinski definition) is 1. The number of likely N-dealkylation sites (N-methyl/N-ethyl adjacent to an activating group) is 1.